The molecule has 0 aliphatic carbocycles. The van der Waals surface area contributed by atoms with Gasteiger partial charge in [0, 0.05) is 32.2 Å². The number of aryl methyl sites for hydroxylation is 1. The standard InChI is InChI=1S/C10H20N2O3Si/c1-5-13-16(14-6-2,15-7-3)12-9-8-11-10(12)4/h8-9H,5-7H2,1-4H3. The number of hydrogen-bond acceptors (Lipinski definition) is 4. The van der Waals surface area contributed by atoms with Gasteiger partial charge in [-0.2, -0.15) is 0 Å². The van der Waals surface area contributed by atoms with E-state index in [1.807, 2.05) is 38.1 Å². The van der Waals surface area contributed by atoms with Crippen molar-refractivity contribution in [2.24, 2.45) is 0 Å². The van der Waals surface area contributed by atoms with Crippen LogP contribution in [0.2, 0.25) is 0 Å². The van der Waals surface area contributed by atoms with Crippen molar-refractivity contribution >= 4 is 8.97 Å². The Morgan fingerprint density at radius 1 is 1.12 bits per heavy atom. The van der Waals surface area contributed by atoms with E-state index >= 15 is 0 Å². The van der Waals surface area contributed by atoms with E-state index in [4.69, 9.17) is 13.3 Å². The first-order valence-electron chi connectivity index (χ1n) is 5.62. The van der Waals surface area contributed by atoms with E-state index in [1.54, 1.807) is 6.20 Å². The normalized spacial score (nSPS) is 12.0. The van der Waals surface area contributed by atoms with Gasteiger partial charge < -0.3 is 13.3 Å². The smallest absolute Gasteiger partial charge is 0.356 e. The summed E-state index contributed by atoms with van der Waals surface area (Å²) in [6, 6.07) is 0. The molecule has 0 unspecified atom stereocenters. The molecule has 6 heteroatoms. The van der Waals surface area contributed by atoms with Crippen molar-refractivity contribution in [3.63, 3.8) is 0 Å². The Bertz CT molecular complexity index is 300. The molecule has 0 aliphatic rings. The summed E-state index contributed by atoms with van der Waals surface area (Å²) in [4.78, 5) is 4.19. The molecule has 0 N–H and O–H groups in total. The van der Waals surface area contributed by atoms with E-state index in [-0.39, 0.29) is 0 Å². The molecule has 16 heavy (non-hydrogen) atoms. The lowest BCUT2D eigenvalue weighted by molar-refractivity contribution is 0.0610. The van der Waals surface area contributed by atoms with Crippen LogP contribution in [-0.4, -0.2) is 38.0 Å². The SMILES string of the molecule is CCO[Si](OCC)(OCC)n1ccnc1C. The topological polar surface area (TPSA) is 45.5 Å². The molecule has 1 heterocycles. The predicted molar refractivity (Wildman–Crippen MR) is 63.0 cm³/mol. The maximum Gasteiger partial charge on any atom is 0.638 e. The third kappa shape index (κ3) is 2.70. The van der Waals surface area contributed by atoms with Crippen molar-refractivity contribution in [3.8, 4) is 0 Å². The van der Waals surface area contributed by atoms with Gasteiger partial charge in [-0.05, 0) is 27.7 Å². The quantitative estimate of drug-likeness (QED) is 0.683. The summed E-state index contributed by atoms with van der Waals surface area (Å²) >= 11 is 0. The monoisotopic (exact) mass is 244 g/mol. The minimum Gasteiger partial charge on any atom is -0.356 e. The van der Waals surface area contributed by atoms with Gasteiger partial charge in [0.2, 0.25) is 0 Å². The summed E-state index contributed by atoms with van der Waals surface area (Å²) in [5.74, 6) is 0.849. The third-order valence-electron chi connectivity index (χ3n) is 2.10. The van der Waals surface area contributed by atoms with Gasteiger partial charge in [0.15, 0.2) is 0 Å². The number of hydrogen-bond donors (Lipinski definition) is 0. The molecule has 0 aromatic carbocycles. The molecule has 0 bridgehead atoms. The fourth-order valence-corrected chi connectivity index (χ4v) is 4.01. The molecule has 0 radical (unpaired) electrons. The van der Waals surface area contributed by atoms with E-state index in [0.717, 1.165) is 5.82 Å². The van der Waals surface area contributed by atoms with E-state index in [2.05, 4.69) is 4.98 Å². The molecule has 0 saturated heterocycles. The minimum absolute atomic E-state index is 0.559. The third-order valence-corrected chi connectivity index (χ3v) is 5.12. The molecule has 1 rings (SSSR count). The molecule has 0 spiro atoms. The number of nitrogens with zero attached hydrogens (tertiary/aromatic N) is 2. The first-order chi connectivity index (χ1) is 7.70. The average Bonchev–Trinajstić information content (AvgIpc) is 2.66. The van der Waals surface area contributed by atoms with Crippen molar-refractivity contribution in [2.45, 2.75) is 27.7 Å². The van der Waals surface area contributed by atoms with Gasteiger partial charge >= 0.3 is 8.97 Å². The summed E-state index contributed by atoms with van der Waals surface area (Å²) < 4.78 is 19.2. The van der Waals surface area contributed by atoms with Crippen LogP contribution in [0.1, 0.15) is 26.6 Å². The maximum atomic E-state index is 5.75. The highest BCUT2D eigenvalue weighted by Crippen LogP contribution is 2.15. The fraction of sp³-hybridized carbons (Fsp3) is 0.700. The Morgan fingerprint density at radius 3 is 1.94 bits per heavy atom. The Hall–Kier alpha value is -0.693. The van der Waals surface area contributed by atoms with Crippen LogP contribution in [0.15, 0.2) is 12.4 Å². The van der Waals surface area contributed by atoms with Crippen molar-refractivity contribution in [1.29, 1.82) is 0 Å². The lowest BCUT2D eigenvalue weighted by atomic mass is 10.8. The Morgan fingerprint density at radius 2 is 1.62 bits per heavy atom. The molecule has 0 saturated carbocycles. The van der Waals surface area contributed by atoms with Crippen molar-refractivity contribution in [3.05, 3.63) is 18.2 Å². The molecule has 5 nitrogen and oxygen atoms in total. The molecule has 0 aliphatic heterocycles. The first kappa shape index (κ1) is 13.4. The highest BCUT2D eigenvalue weighted by atomic mass is 28.4. The van der Waals surface area contributed by atoms with Crippen LogP contribution >= 0.6 is 0 Å². The van der Waals surface area contributed by atoms with Crippen molar-refractivity contribution in [1.82, 2.24) is 9.22 Å². The Balaban J connectivity index is 3.04. The molecule has 92 valence electrons. The molecular formula is C10H20N2O3Si. The van der Waals surface area contributed by atoms with Crippen LogP contribution < -0.4 is 0 Å². The van der Waals surface area contributed by atoms with E-state index < -0.39 is 8.97 Å². The molecular weight excluding hydrogens is 224 g/mol. The largest absolute Gasteiger partial charge is 0.638 e. The first-order valence-corrected chi connectivity index (χ1v) is 7.29. The summed E-state index contributed by atoms with van der Waals surface area (Å²) in [7, 11) is -2.81. The second-order valence-electron chi connectivity index (χ2n) is 3.17. The van der Waals surface area contributed by atoms with Crippen molar-refractivity contribution in [2.75, 3.05) is 19.8 Å². The molecule has 0 atom stereocenters. The minimum atomic E-state index is -2.81. The summed E-state index contributed by atoms with van der Waals surface area (Å²) in [5, 5.41) is 0. The Labute approximate surface area is 97.8 Å². The second kappa shape index (κ2) is 6.14. The van der Waals surface area contributed by atoms with Crippen molar-refractivity contribution < 1.29 is 13.3 Å². The van der Waals surface area contributed by atoms with E-state index in [1.165, 1.54) is 0 Å². The molecule has 1 aromatic rings. The van der Waals surface area contributed by atoms with Crippen LogP contribution in [-0.2, 0) is 13.3 Å². The van der Waals surface area contributed by atoms with Crippen LogP contribution in [0.3, 0.4) is 0 Å². The lowest BCUT2D eigenvalue weighted by Gasteiger charge is -2.28. The highest BCUT2D eigenvalue weighted by Gasteiger charge is 2.45. The van der Waals surface area contributed by atoms with Crippen LogP contribution in [0.5, 0.6) is 0 Å². The summed E-state index contributed by atoms with van der Waals surface area (Å²) in [6.07, 6.45) is 3.58. The summed E-state index contributed by atoms with van der Waals surface area (Å²) in [5.41, 5.74) is 0. The van der Waals surface area contributed by atoms with Gasteiger partial charge in [0.05, 0.1) is 0 Å². The molecule has 0 amide bonds. The van der Waals surface area contributed by atoms with Crippen LogP contribution in [0, 0.1) is 6.92 Å². The molecule has 1 aromatic heterocycles. The zero-order chi connectivity index (χ0) is 12.0. The molecule has 0 fully saturated rings. The number of rotatable bonds is 7. The number of imidazole rings is 1. The zero-order valence-corrected chi connectivity index (χ0v) is 11.4. The second-order valence-corrected chi connectivity index (χ2v) is 5.56. The van der Waals surface area contributed by atoms with Gasteiger partial charge in [-0.3, -0.25) is 4.23 Å². The van der Waals surface area contributed by atoms with Gasteiger partial charge in [-0.25, -0.2) is 4.98 Å². The lowest BCUT2D eigenvalue weighted by Crippen LogP contribution is -2.53. The number of aromatic nitrogens is 2. The highest BCUT2D eigenvalue weighted by molar-refractivity contribution is 6.59. The maximum absolute atomic E-state index is 5.75. The van der Waals surface area contributed by atoms with Gasteiger partial charge in [0.1, 0.15) is 5.82 Å². The van der Waals surface area contributed by atoms with Crippen LogP contribution in [0.25, 0.3) is 0 Å². The van der Waals surface area contributed by atoms with E-state index in [0.29, 0.717) is 19.8 Å². The average molecular weight is 244 g/mol. The zero-order valence-electron chi connectivity index (χ0n) is 10.4. The Kier molecular flexibility index (Phi) is 5.13. The fourth-order valence-electron chi connectivity index (χ4n) is 1.55. The predicted octanol–water partition coefficient (Wildman–Crippen LogP) is 1.58. The van der Waals surface area contributed by atoms with Gasteiger partial charge in [-0.15, -0.1) is 0 Å². The summed E-state index contributed by atoms with van der Waals surface area (Å²) in [6.45, 7) is 9.40. The van der Waals surface area contributed by atoms with E-state index in [9.17, 15) is 0 Å². The van der Waals surface area contributed by atoms with Gasteiger partial charge in [-0.1, -0.05) is 0 Å². The van der Waals surface area contributed by atoms with Crippen LogP contribution in [0.4, 0.5) is 0 Å². The van der Waals surface area contributed by atoms with Gasteiger partial charge in [0.25, 0.3) is 0 Å².